The molecule has 1 aromatic heterocycles. The average Bonchev–Trinajstić information content (AvgIpc) is 2.59. The van der Waals surface area contributed by atoms with Crippen LogP contribution in [0, 0.1) is 11.6 Å². The lowest BCUT2D eigenvalue weighted by Crippen LogP contribution is -2.23. The van der Waals surface area contributed by atoms with E-state index in [4.69, 9.17) is 9.84 Å². The van der Waals surface area contributed by atoms with Crippen LogP contribution < -0.4 is 10.2 Å². The zero-order valence-corrected chi connectivity index (χ0v) is 13.5. The van der Waals surface area contributed by atoms with Crippen molar-refractivity contribution in [2.45, 2.75) is 6.92 Å². The fourth-order valence-corrected chi connectivity index (χ4v) is 2.34. The molecule has 0 unspecified atom stereocenters. The summed E-state index contributed by atoms with van der Waals surface area (Å²) in [5.41, 5.74) is -3.37. The molecule has 10 heteroatoms. The van der Waals surface area contributed by atoms with Crippen LogP contribution in [0.2, 0.25) is 0 Å². The van der Waals surface area contributed by atoms with Gasteiger partial charge in [0, 0.05) is 6.20 Å². The van der Waals surface area contributed by atoms with Crippen LogP contribution in [-0.4, -0.2) is 35.3 Å². The predicted octanol–water partition coefficient (Wildman–Crippen LogP) is 2.32. The number of nitrogens with zero attached hydrogens (tertiary/aromatic N) is 1. The van der Waals surface area contributed by atoms with E-state index in [-0.39, 0.29) is 12.9 Å². The molecule has 0 aliphatic carbocycles. The summed E-state index contributed by atoms with van der Waals surface area (Å²) in [5, 5.41) is 8.55. The van der Waals surface area contributed by atoms with Crippen LogP contribution in [0.4, 0.5) is 13.2 Å². The third kappa shape index (κ3) is 3.01. The molecule has 2 rings (SSSR count). The molecule has 0 radical (unpaired) electrons. The number of carboxylic acids is 1. The molecule has 1 N–H and O–H groups in total. The summed E-state index contributed by atoms with van der Waals surface area (Å²) in [7, 11) is 0.949. The van der Waals surface area contributed by atoms with Gasteiger partial charge in [-0.25, -0.2) is 18.4 Å². The number of fused-ring (bicyclic) bond motifs is 1. The van der Waals surface area contributed by atoms with Crippen molar-refractivity contribution >= 4 is 28.5 Å². The van der Waals surface area contributed by atoms with Crippen LogP contribution in [0.1, 0.15) is 17.3 Å². The number of carbonyl (C=O) groups is 2. The smallest absolute Gasteiger partial charge is 0.355 e. The number of hydrogen-bond donors (Lipinski definition) is 1. The molecule has 2 aromatic rings. The molecule has 0 spiro atoms. The molecule has 26 heavy (non-hydrogen) atoms. The Morgan fingerprint density at radius 1 is 1.35 bits per heavy atom. The van der Waals surface area contributed by atoms with Gasteiger partial charge in [0.25, 0.3) is 0 Å². The molecule has 0 aliphatic heterocycles. The first-order valence-corrected chi connectivity index (χ1v) is 7.10. The van der Waals surface area contributed by atoms with Crippen molar-refractivity contribution in [2.24, 2.45) is 0 Å². The Morgan fingerprint density at radius 2 is 2.00 bits per heavy atom. The van der Waals surface area contributed by atoms with Crippen LogP contribution in [0.5, 0.6) is 5.75 Å². The predicted molar refractivity (Wildman–Crippen MR) is 83.6 cm³/mol. The highest BCUT2D eigenvalue weighted by Gasteiger charge is 2.26. The van der Waals surface area contributed by atoms with Gasteiger partial charge in [-0.15, -0.1) is 0 Å². The fraction of sp³-hybridized carbons (Fsp3) is 0.188. The second-order valence-corrected chi connectivity index (χ2v) is 4.86. The molecule has 0 atom stereocenters. The second-order valence-electron chi connectivity index (χ2n) is 4.86. The first kappa shape index (κ1) is 19.0. The number of benzene rings is 1. The van der Waals surface area contributed by atoms with Gasteiger partial charge in [0.15, 0.2) is 17.3 Å². The number of hydrogen-bond acceptors (Lipinski definition) is 5. The van der Waals surface area contributed by atoms with Crippen LogP contribution in [0.15, 0.2) is 23.4 Å². The standard InChI is InChI=1S/C16H12F3NO6/c1-3-26-16(24)8-6-20(10(5-17)15(22)23)12-7(13(8)21)4-9(18)11(19)14(12)25-2/h4-6H,3H2,1-2H3,(H,22,23)/b10-5-. The third-order valence-electron chi connectivity index (χ3n) is 3.42. The van der Waals surface area contributed by atoms with E-state index in [9.17, 15) is 27.6 Å². The molecule has 0 saturated carbocycles. The molecule has 0 amide bonds. The normalized spacial score (nSPS) is 11.5. The number of rotatable bonds is 5. The van der Waals surface area contributed by atoms with E-state index in [0.717, 1.165) is 7.11 Å². The Balaban J connectivity index is 3.10. The first-order chi connectivity index (χ1) is 12.3. The minimum atomic E-state index is -1.79. The summed E-state index contributed by atoms with van der Waals surface area (Å²) in [6.45, 7) is 1.35. The molecule has 0 bridgehead atoms. The van der Waals surface area contributed by atoms with Crippen molar-refractivity contribution < 1.29 is 37.3 Å². The van der Waals surface area contributed by atoms with Crippen molar-refractivity contribution in [3.63, 3.8) is 0 Å². The lowest BCUT2D eigenvalue weighted by atomic mass is 10.1. The number of ether oxygens (including phenoxy) is 2. The first-order valence-electron chi connectivity index (χ1n) is 7.10. The Labute approximate surface area is 143 Å². The highest BCUT2D eigenvalue weighted by Crippen LogP contribution is 2.31. The second kappa shape index (κ2) is 7.30. The van der Waals surface area contributed by atoms with Gasteiger partial charge in [0.1, 0.15) is 17.4 Å². The summed E-state index contributed by atoms with van der Waals surface area (Å²) in [4.78, 5) is 35.7. The van der Waals surface area contributed by atoms with Crippen LogP contribution in [0.25, 0.3) is 16.6 Å². The molecule has 1 aromatic carbocycles. The highest BCUT2D eigenvalue weighted by molar-refractivity contribution is 6.11. The van der Waals surface area contributed by atoms with E-state index in [0.29, 0.717) is 16.8 Å². The number of carbonyl (C=O) groups excluding carboxylic acids is 1. The molecule has 0 aliphatic rings. The van der Waals surface area contributed by atoms with Gasteiger partial charge in [-0.05, 0) is 13.0 Å². The molecule has 138 valence electrons. The molecular weight excluding hydrogens is 359 g/mol. The number of aromatic nitrogens is 1. The quantitative estimate of drug-likeness (QED) is 0.640. The Kier molecular flexibility index (Phi) is 5.34. The number of methoxy groups -OCH3 is 1. The van der Waals surface area contributed by atoms with Gasteiger partial charge in [-0.1, -0.05) is 0 Å². The summed E-state index contributed by atoms with van der Waals surface area (Å²) >= 11 is 0. The van der Waals surface area contributed by atoms with Gasteiger partial charge in [-0.3, -0.25) is 4.79 Å². The number of aliphatic carboxylic acids is 1. The molecule has 0 fully saturated rings. The van der Waals surface area contributed by atoms with Crippen molar-refractivity contribution in [2.75, 3.05) is 13.7 Å². The number of halogens is 3. The maximum Gasteiger partial charge on any atom is 0.355 e. The molecule has 7 nitrogen and oxygen atoms in total. The van der Waals surface area contributed by atoms with Crippen molar-refractivity contribution in [3.8, 4) is 5.75 Å². The van der Waals surface area contributed by atoms with E-state index in [1.807, 2.05) is 0 Å². The maximum atomic E-state index is 14.0. The minimum Gasteiger partial charge on any atom is -0.491 e. The van der Waals surface area contributed by atoms with Gasteiger partial charge in [0.05, 0.1) is 19.1 Å². The highest BCUT2D eigenvalue weighted by atomic mass is 19.2. The Bertz CT molecular complexity index is 996. The van der Waals surface area contributed by atoms with Gasteiger partial charge in [0.2, 0.25) is 11.2 Å². The largest absolute Gasteiger partial charge is 0.491 e. The average molecular weight is 371 g/mol. The van der Waals surface area contributed by atoms with Crippen LogP contribution >= 0.6 is 0 Å². The molecule has 0 saturated heterocycles. The van der Waals surface area contributed by atoms with Crippen LogP contribution in [-0.2, 0) is 9.53 Å². The van der Waals surface area contributed by atoms with E-state index in [1.165, 1.54) is 6.92 Å². The maximum absolute atomic E-state index is 14.0. The van der Waals surface area contributed by atoms with Gasteiger partial charge < -0.3 is 19.1 Å². The van der Waals surface area contributed by atoms with E-state index in [1.54, 1.807) is 0 Å². The summed E-state index contributed by atoms with van der Waals surface area (Å²) in [6.07, 6.45) is 0.337. The van der Waals surface area contributed by atoms with E-state index < -0.39 is 56.9 Å². The molecular formula is C16H12F3NO6. The number of pyridine rings is 1. The molecule has 1 heterocycles. The van der Waals surface area contributed by atoms with Gasteiger partial charge >= 0.3 is 11.9 Å². The Hall–Kier alpha value is -3.30. The number of esters is 1. The van der Waals surface area contributed by atoms with Gasteiger partial charge in [-0.2, -0.15) is 4.39 Å². The monoisotopic (exact) mass is 371 g/mol. The zero-order valence-electron chi connectivity index (χ0n) is 13.5. The third-order valence-corrected chi connectivity index (χ3v) is 3.42. The Morgan fingerprint density at radius 3 is 2.50 bits per heavy atom. The topological polar surface area (TPSA) is 94.8 Å². The van der Waals surface area contributed by atoms with E-state index in [2.05, 4.69) is 4.74 Å². The fourth-order valence-electron chi connectivity index (χ4n) is 2.34. The summed E-state index contributed by atoms with van der Waals surface area (Å²) in [6, 6.07) is 0.465. The van der Waals surface area contributed by atoms with Crippen molar-refractivity contribution in [3.05, 3.63) is 46.0 Å². The lowest BCUT2D eigenvalue weighted by Gasteiger charge is -2.16. The minimum absolute atomic E-state index is 0.109. The lowest BCUT2D eigenvalue weighted by molar-refractivity contribution is -0.130. The zero-order chi connectivity index (χ0) is 19.6. The summed E-state index contributed by atoms with van der Waals surface area (Å²) < 4.78 is 50.9. The summed E-state index contributed by atoms with van der Waals surface area (Å²) in [5.74, 6) is -6.74. The van der Waals surface area contributed by atoms with Crippen molar-refractivity contribution in [1.82, 2.24) is 4.57 Å². The van der Waals surface area contributed by atoms with Crippen LogP contribution in [0.3, 0.4) is 0 Å². The SMILES string of the molecule is CCOC(=O)c1cn(/C(=C\F)C(=O)O)c2c(OC)c(F)c(F)cc2c1=O. The number of carboxylic acid groups (broad SMARTS) is 1. The van der Waals surface area contributed by atoms with Crippen molar-refractivity contribution in [1.29, 1.82) is 0 Å². The van der Waals surface area contributed by atoms with E-state index >= 15 is 0 Å².